The first kappa shape index (κ1) is 19.0. The van der Waals surface area contributed by atoms with Crippen LogP contribution in [0.1, 0.15) is 25.3 Å². The summed E-state index contributed by atoms with van der Waals surface area (Å²) in [5, 5.41) is 15.2. The lowest BCUT2D eigenvalue weighted by Crippen LogP contribution is -2.41. The van der Waals surface area contributed by atoms with Crippen LogP contribution in [0, 0.1) is 11.3 Å². The van der Waals surface area contributed by atoms with Crippen LogP contribution in [0.2, 0.25) is 0 Å². The highest BCUT2D eigenvalue weighted by molar-refractivity contribution is 5.97. The first-order chi connectivity index (χ1) is 12.1. The average molecular weight is 342 g/mol. The second kappa shape index (κ2) is 9.82. The van der Waals surface area contributed by atoms with E-state index in [0.717, 1.165) is 44.1 Å². The van der Waals surface area contributed by atoms with E-state index in [-0.39, 0.29) is 11.5 Å². The van der Waals surface area contributed by atoms with E-state index in [1.165, 1.54) is 6.20 Å². The van der Waals surface area contributed by atoms with Gasteiger partial charge in [-0.25, -0.2) is 0 Å². The largest absolute Gasteiger partial charge is 0.379 e. The maximum absolute atomic E-state index is 12.2. The monoisotopic (exact) mass is 342 g/mol. The van der Waals surface area contributed by atoms with Crippen molar-refractivity contribution in [1.29, 1.82) is 5.26 Å². The van der Waals surface area contributed by atoms with Crippen LogP contribution in [0.5, 0.6) is 0 Å². The molecule has 25 heavy (non-hydrogen) atoms. The van der Waals surface area contributed by atoms with Crippen molar-refractivity contribution in [2.75, 3.05) is 44.7 Å². The van der Waals surface area contributed by atoms with Gasteiger partial charge < -0.3 is 15.4 Å². The first-order valence-electron chi connectivity index (χ1n) is 8.66. The van der Waals surface area contributed by atoms with Crippen molar-refractivity contribution in [2.45, 2.75) is 19.8 Å². The molecule has 1 heterocycles. The number of nitrogens with one attached hydrogen (secondary N) is 2. The van der Waals surface area contributed by atoms with Gasteiger partial charge in [0.1, 0.15) is 11.6 Å². The highest BCUT2D eigenvalue weighted by Gasteiger charge is 2.12. The molecule has 0 spiro atoms. The Hall–Kier alpha value is -2.36. The van der Waals surface area contributed by atoms with Crippen LogP contribution >= 0.6 is 0 Å². The zero-order valence-corrected chi connectivity index (χ0v) is 14.9. The van der Waals surface area contributed by atoms with Crippen molar-refractivity contribution >= 4 is 11.6 Å². The standard InChI is InChI=1S/C19H26N4O2/c1-15(2)17-5-3-4-6-18(17)22-14-16(13-20)19(24)21-7-8-23-9-11-25-12-10-23/h3-6,14-15,22H,7-12H2,1-2H3,(H,21,24)/b16-14-. The van der Waals surface area contributed by atoms with E-state index in [9.17, 15) is 10.1 Å². The molecule has 6 nitrogen and oxygen atoms in total. The summed E-state index contributed by atoms with van der Waals surface area (Å²) in [4.78, 5) is 14.4. The van der Waals surface area contributed by atoms with Crippen molar-refractivity contribution in [1.82, 2.24) is 10.2 Å². The summed E-state index contributed by atoms with van der Waals surface area (Å²) in [5.74, 6) is -0.00438. The Balaban J connectivity index is 1.88. The summed E-state index contributed by atoms with van der Waals surface area (Å²) < 4.78 is 5.29. The molecule has 0 atom stereocenters. The molecule has 1 aromatic carbocycles. The molecule has 1 amide bonds. The molecule has 134 valence electrons. The van der Waals surface area contributed by atoms with E-state index < -0.39 is 0 Å². The second-order valence-corrected chi connectivity index (χ2v) is 6.27. The maximum Gasteiger partial charge on any atom is 0.263 e. The van der Waals surface area contributed by atoms with Crippen LogP contribution in [0.3, 0.4) is 0 Å². The van der Waals surface area contributed by atoms with Crippen LogP contribution in [0.15, 0.2) is 36.0 Å². The van der Waals surface area contributed by atoms with E-state index in [0.29, 0.717) is 12.5 Å². The predicted octanol–water partition coefficient (Wildman–Crippen LogP) is 2.08. The molecule has 0 aromatic heterocycles. The zero-order chi connectivity index (χ0) is 18.1. The van der Waals surface area contributed by atoms with Gasteiger partial charge in [0, 0.05) is 38.1 Å². The Labute approximate surface area is 149 Å². The van der Waals surface area contributed by atoms with Crippen LogP contribution in [0.4, 0.5) is 5.69 Å². The Kier molecular flexibility index (Phi) is 7.45. The van der Waals surface area contributed by atoms with E-state index in [1.807, 2.05) is 30.3 Å². The lowest BCUT2D eigenvalue weighted by molar-refractivity contribution is -0.117. The fourth-order valence-corrected chi connectivity index (χ4v) is 2.68. The highest BCUT2D eigenvalue weighted by atomic mass is 16.5. The topological polar surface area (TPSA) is 77.4 Å². The number of hydrogen-bond donors (Lipinski definition) is 2. The predicted molar refractivity (Wildman–Crippen MR) is 98.1 cm³/mol. The summed E-state index contributed by atoms with van der Waals surface area (Å²) >= 11 is 0. The Morgan fingerprint density at radius 2 is 2.08 bits per heavy atom. The van der Waals surface area contributed by atoms with Gasteiger partial charge in [0.05, 0.1) is 13.2 Å². The SMILES string of the molecule is CC(C)c1ccccc1N/C=C(/C#N)C(=O)NCCN1CCOCC1. The van der Waals surface area contributed by atoms with Crippen LogP contribution in [0.25, 0.3) is 0 Å². The number of morpholine rings is 1. The minimum Gasteiger partial charge on any atom is -0.379 e. The summed E-state index contributed by atoms with van der Waals surface area (Å²) in [6, 6.07) is 9.85. The van der Waals surface area contributed by atoms with Crippen molar-refractivity contribution in [3.05, 3.63) is 41.6 Å². The minimum absolute atomic E-state index is 0.0699. The van der Waals surface area contributed by atoms with Crippen molar-refractivity contribution in [3.63, 3.8) is 0 Å². The number of benzene rings is 1. The Morgan fingerprint density at radius 1 is 1.36 bits per heavy atom. The van der Waals surface area contributed by atoms with Crippen molar-refractivity contribution < 1.29 is 9.53 Å². The maximum atomic E-state index is 12.2. The molecule has 1 aliphatic heterocycles. The zero-order valence-electron chi connectivity index (χ0n) is 14.9. The Bertz CT molecular complexity index is 643. The third-order valence-corrected chi connectivity index (χ3v) is 4.14. The van der Waals surface area contributed by atoms with E-state index in [2.05, 4.69) is 29.4 Å². The molecule has 6 heteroatoms. The number of ether oxygens (including phenoxy) is 1. The Morgan fingerprint density at radius 3 is 2.76 bits per heavy atom. The minimum atomic E-state index is -0.356. The molecule has 1 aliphatic rings. The van der Waals surface area contributed by atoms with Gasteiger partial charge >= 0.3 is 0 Å². The summed E-state index contributed by atoms with van der Waals surface area (Å²) in [7, 11) is 0. The average Bonchev–Trinajstić information content (AvgIpc) is 2.63. The summed E-state index contributed by atoms with van der Waals surface area (Å²) in [5.41, 5.74) is 2.12. The molecular weight excluding hydrogens is 316 g/mol. The summed E-state index contributed by atoms with van der Waals surface area (Å²) in [6.07, 6.45) is 1.48. The van der Waals surface area contributed by atoms with Crippen LogP contribution in [-0.2, 0) is 9.53 Å². The van der Waals surface area contributed by atoms with E-state index in [4.69, 9.17) is 4.74 Å². The van der Waals surface area contributed by atoms with E-state index in [1.54, 1.807) is 0 Å². The fraction of sp³-hybridized carbons (Fsp3) is 0.474. The number of nitrogens with zero attached hydrogens (tertiary/aromatic N) is 2. The van der Waals surface area contributed by atoms with Gasteiger partial charge in [0.2, 0.25) is 0 Å². The number of amides is 1. The highest BCUT2D eigenvalue weighted by Crippen LogP contribution is 2.23. The van der Waals surface area contributed by atoms with Gasteiger partial charge in [-0.15, -0.1) is 0 Å². The number of nitriles is 1. The summed E-state index contributed by atoms with van der Waals surface area (Å²) in [6.45, 7) is 8.71. The number of rotatable bonds is 7. The number of para-hydroxylation sites is 1. The molecule has 0 radical (unpaired) electrons. The fourth-order valence-electron chi connectivity index (χ4n) is 2.68. The number of carbonyl (C=O) groups is 1. The molecule has 0 bridgehead atoms. The van der Waals surface area contributed by atoms with Crippen molar-refractivity contribution in [2.24, 2.45) is 0 Å². The number of hydrogen-bond acceptors (Lipinski definition) is 5. The molecule has 2 N–H and O–H groups in total. The lowest BCUT2D eigenvalue weighted by atomic mass is 10.0. The first-order valence-corrected chi connectivity index (χ1v) is 8.66. The third kappa shape index (κ3) is 5.89. The molecule has 2 rings (SSSR count). The quantitative estimate of drug-likeness (QED) is 0.586. The van der Waals surface area contributed by atoms with Gasteiger partial charge in [-0.05, 0) is 17.5 Å². The van der Waals surface area contributed by atoms with Crippen LogP contribution in [-0.4, -0.2) is 50.2 Å². The van der Waals surface area contributed by atoms with Gasteiger partial charge in [0.25, 0.3) is 5.91 Å². The lowest BCUT2D eigenvalue weighted by Gasteiger charge is -2.26. The molecule has 1 saturated heterocycles. The van der Waals surface area contributed by atoms with Gasteiger partial charge in [0.15, 0.2) is 0 Å². The normalized spacial score (nSPS) is 15.7. The number of anilines is 1. The van der Waals surface area contributed by atoms with Gasteiger partial charge in [-0.3, -0.25) is 9.69 Å². The van der Waals surface area contributed by atoms with E-state index >= 15 is 0 Å². The third-order valence-electron chi connectivity index (χ3n) is 4.14. The van der Waals surface area contributed by atoms with Gasteiger partial charge in [-0.1, -0.05) is 32.0 Å². The van der Waals surface area contributed by atoms with Gasteiger partial charge in [-0.2, -0.15) is 5.26 Å². The second-order valence-electron chi connectivity index (χ2n) is 6.27. The smallest absolute Gasteiger partial charge is 0.263 e. The molecule has 1 aromatic rings. The molecular formula is C19H26N4O2. The molecule has 0 saturated carbocycles. The molecule has 0 aliphatic carbocycles. The molecule has 0 unspecified atom stereocenters. The van der Waals surface area contributed by atoms with Crippen LogP contribution < -0.4 is 10.6 Å². The van der Waals surface area contributed by atoms with Crippen molar-refractivity contribution in [3.8, 4) is 6.07 Å². The number of carbonyl (C=O) groups excluding carboxylic acids is 1. The molecule has 1 fully saturated rings.